The number of amides is 1. The van der Waals surface area contributed by atoms with E-state index >= 15 is 0 Å². The first-order valence-corrected chi connectivity index (χ1v) is 9.14. The number of methoxy groups -OCH3 is 2. The van der Waals surface area contributed by atoms with Crippen LogP contribution in [0.15, 0.2) is 18.2 Å². The largest absolute Gasteiger partial charge is 0.497 e. The normalized spacial score (nSPS) is 15.8. The fraction of sp³-hybridized carbons (Fsp3) is 0.533. The molecule has 1 fully saturated rings. The van der Waals surface area contributed by atoms with Gasteiger partial charge in [-0.1, -0.05) is 0 Å². The molecule has 0 saturated carbocycles. The van der Waals surface area contributed by atoms with Crippen molar-refractivity contribution in [2.24, 2.45) is 0 Å². The number of anilines is 1. The lowest BCUT2D eigenvalue weighted by Gasteiger charge is -2.25. The summed E-state index contributed by atoms with van der Waals surface area (Å²) in [5.74, 6) is 0.385. The van der Waals surface area contributed by atoms with Crippen LogP contribution in [0, 0.1) is 0 Å². The van der Waals surface area contributed by atoms with Crippen LogP contribution in [0.5, 0.6) is 11.5 Å². The minimum atomic E-state index is -3.46. The molecule has 1 aliphatic rings. The van der Waals surface area contributed by atoms with Crippen molar-refractivity contribution in [2.75, 3.05) is 51.6 Å². The maximum absolute atomic E-state index is 12.2. The molecule has 9 heteroatoms. The van der Waals surface area contributed by atoms with E-state index in [9.17, 15) is 13.2 Å². The highest BCUT2D eigenvalue weighted by atomic mass is 32.2. The molecular formula is C15H22N2O6S. The molecule has 1 saturated heterocycles. The molecule has 8 nitrogen and oxygen atoms in total. The second kappa shape index (κ2) is 8.32. The average molecular weight is 358 g/mol. The Morgan fingerprint density at radius 2 is 1.96 bits per heavy atom. The summed E-state index contributed by atoms with van der Waals surface area (Å²) in [7, 11) is -0.460. The molecule has 1 aromatic carbocycles. The number of ether oxygens (including phenoxy) is 3. The van der Waals surface area contributed by atoms with Crippen LogP contribution in [0.3, 0.4) is 0 Å². The molecule has 0 radical (unpaired) electrons. The zero-order chi connectivity index (χ0) is 17.6. The van der Waals surface area contributed by atoms with Gasteiger partial charge < -0.3 is 19.5 Å². The van der Waals surface area contributed by atoms with Crippen LogP contribution in [-0.4, -0.2) is 64.9 Å². The Morgan fingerprint density at radius 1 is 1.25 bits per heavy atom. The van der Waals surface area contributed by atoms with Crippen LogP contribution in [0.2, 0.25) is 0 Å². The van der Waals surface area contributed by atoms with Crippen LogP contribution >= 0.6 is 0 Å². The van der Waals surface area contributed by atoms with Crippen LogP contribution < -0.4 is 14.8 Å². The van der Waals surface area contributed by atoms with Gasteiger partial charge in [-0.2, -0.15) is 4.31 Å². The van der Waals surface area contributed by atoms with Gasteiger partial charge in [-0.3, -0.25) is 4.79 Å². The summed E-state index contributed by atoms with van der Waals surface area (Å²) in [6.45, 7) is 1.42. The smallest absolute Gasteiger partial charge is 0.225 e. The Bertz CT molecular complexity index is 671. The van der Waals surface area contributed by atoms with Crippen molar-refractivity contribution in [3.05, 3.63) is 18.2 Å². The summed E-state index contributed by atoms with van der Waals surface area (Å²) in [6, 6.07) is 4.99. The van der Waals surface area contributed by atoms with Crippen molar-refractivity contribution in [1.29, 1.82) is 0 Å². The van der Waals surface area contributed by atoms with Gasteiger partial charge in [-0.05, 0) is 12.1 Å². The third kappa shape index (κ3) is 4.83. The van der Waals surface area contributed by atoms with Gasteiger partial charge >= 0.3 is 0 Å². The van der Waals surface area contributed by atoms with Crippen LogP contribution in [0.25, 0.3) is 0 Å². The van der Waals surface area contributed by atoms with Crippen LogP contribution in [-0.2, 0) is 19.6 Å². The molecule has 1 amide bonds. The zero-order valence-electron chi connectivity index (χ0n) is 13.8. The average Bonchev–Trinajstić information content (AvgIpc) is 2.60. The minimum Gasteiger partial charge on any atom is -0.497 e. The predicted octanol–water partition coefficient (Wildman–Crippen LogP) is 0.694. The molecule has 1 aliphatic heterocycles. The molecule has 2 rings (SSSR count). The van der Waals surface area contributed by atoms with E-state index in [2.05, 4.69) is 5.32 Å². The Kier molecular flexibility index (Phi) is 6.41. The SMILES string of the molecule is COc1ccc(OC)c(NC(=O)CCS(=O)(=O)N2CCOCC2)c1. The van der Waals surface area contributed by atoms with Crippen molar-refractivity contribution in [1.82, 2.24) is 4.31 Å². The van der Waals surface area contributed by atoms with Gasteiger partial charge in [0.1, 0.15) is 11.5 Å². The molecule has 0 aliphatic carbocycles. The zero-order valence-corrected chi connectivity index (χ0v) is 14.6. The van der Waals surface area contributed by atoms with Gasteiger partial charge in [0.25, 0.3) is 0 Å². The summed E-state index contributed by atoms with van der Waals surface area (Å²) in [5, 5.41) is 2.66. The molecule has 0 bridgehead atoms. The second-order valence-electron chi connectivity index (χ2n) is 5.19. The number of nitrogens with one attached hydrogen (secondary N) is 1. The first-order chi connectivity index (χ1) is 11.5. The lowest BCUT2D eigenvalue weighted by molar-refractivity contribution is -0.115. The highest BCUT2D eigenvalue weighted by molar-refractivity contribution is 7.89. The van der Waals surface area contributed by atoms with E-state index < -0.39 is 15.9 Å². The summed E-state index contributed by atoms with van der Waals surface area (Å²) in [4.78, 5) is 12.1. The topological polar surface area (TPSA) is 94.2 Å². The molecule has 0 atom stereocenters. The molecule has 134 valence electrons. The number of sulfonamides is 1. The van der Waals surface area contributed by atoms with E-state index in [1.165, 1.54) is 18.5 Å². The Labute approximate surface area is 141 Å². The van der Waals surface area contributed by atoms with Crippen molar-refractivity contribution in [2.45, 2.75) is 6.42 Å². The third-order valence-electron chi connectivity index (χ3n) is 3.63. The number of hydrogen-bond acceptors (Lipinski definition) is 6. The molecule has 0 spiro atoms. The molecule has 1 aromatic rings. The number of benzene rings is 1. The fourth-order valence-electron chi connectivity index (χ4n) is 2.30. The molecular weight excluding hydrogens is 336 g/mol. The van der Waals surface area contributed by atoms with E-state index in [0.29, 0.717) is 43.5 Å². The number of morpholine rings is 1. The standard InChI is InChI=1S/C15H22N2O6S/c1-21-12-3-4-14(22-2)13(11-12)16-15(18)5-10-24(19,20)17-6-8-23-9-7-17/h3-4,11H,5-10H2,1-2H3,(H,16,18). The van der Waals surface area contributed by atoms with Gasteiger partial charge in [0.2, 0.25) is 15.9 Å². The Hall–Kier alpha value is -1.84. The first-order valence-electron chi connectivity index (χ1n) is 7.53. The van der Waals surface area contributed by atoms with Crippen molar-refractivity contribution >= 4 is 21.6 Å². The Morgan fingerprint density at radius 3 is 2.58 bits per heavy atom. The van der Waals surface area contributed by atoms with E-state index in [1.807, 2.05) is 0 Å². The number of hydrogen-bond donors (Lipinski definition) is 1. The summed E-state index contributed by atoms with van der Waals surface area (Å²) < 4.78 is 41.2. The van der Waals surface area contributed by atoms with E-state index in [4.69, 9.17) is 14.2 Å². The summed E-state index contributed by atoms with van der Waals surface area (Å²) in [5.41, 5.74) is 0.436. The molecule has 1 N–H and O–H groups in total. The fourth-order valence-corrected chi connectivity index (χ4v) is 3.71. The number of carbonyl (C=O) groups is 1. The highest BCUT2D eigenvalue weighted by Crippen LogP contribution is 2.29. The molecule has 0 unspecified atom stereocenters. The van der Waals surface area contributed by atoms with Gasteiger partial charge in [0.15, 0.2) is 0 Å². The monoisotopic (exact) mass is 358 g/mol. The quantitative estimate of drug-likeness (QED) is 0.771. The first kappa shape index (κ1) is 18.5. The number of nitrogens with zero attached hydrogens (tertiary/aromatic N) is 1. The highest BCUT2D eigenvalue weighted by Gasteiger charge is 2.25. The Balaban J connectivity index is 1.95. The predicted molar refractivity (Wildman–Crippen MR) is 89.0 cm³/mol. The molecule has 24 heavy (non-hydrogen) atoms. The summed E-state index contributed by atoms with van der Waals surface area (Å²) >= 11 is 0. The lowest BCUT2D eigenvalue weighted by Crippen LogP contribution is -2.42. The minimum absolute atomic E-state index is 0.139. The molecule has 1 heterocycles. The van der Waals surface area contributed by atoms with Gasteiger partial charge in [-0.15, -0.1) is 0 Å². The van der Waals surface area contributed by atoms with E-state index in [-0.39, 0.29) is 12.2 Å². The maximum atomic E-state index is 12.2. The maximum Gasteiger partial charge on any atom is 0.225 e. The molecule has 0 aromatic heterocycles. The summed E-state index contributed by atoms with van der Waals surface area (Å²) in [6.07, 6.45) is -0.139. The van der Waals surface area contributed by atoms with Crippen molar-refractivity contribution in [3.63, 3.8) is 0 Å². The van der Waals surface area contributed by atoms with Gasteiger partial charge in [0.05, 0.1) is 38.9 Å². The van der Waals surface area contributed by atoms with Crippen LogP contribution in [0.1, 0.15) is 6.42 Å². The number of rotatable bonds is 7. The van der Waals surface area contributed by atoms with E-state index in [1.54, 1.807) is 18.2 Å². The van der Waals surface area contributed by atoms with E-state index in [0.717, 1.165) is 0 Å². The van der Waals surface area contributed by atoms with Crippen molar-refractivity contribution < 1.29 is 27.4 Å². The number of carbonyl (C=O) groups excluding carboxylic acids is 1. The van der Waals surface area contributed by atoms with Crippen molar-refractivity contribution in [3.8, 4) is 11.5 Å². The third-order valence-corrected chi connectivity index (χ3v) is 5.50. The second-order valence-corrected chi connectivity index (χ2v) is 7.28. The van der Waals surface area contributed by atoms with Gasteiger partial charge in [0, 0.05) is 25.6 Å². The van der Waals surface area contributed by atoms with Crippen LogP contribution in [0.4, 0.5) is 5.69 Å². The lowest BCUT2D eigenvalue weighted by atomic mass is 10.2. The van der Waals surface area contributed by atoms with Gasteiger partial charge in [-0.25, -0.2) is 8.42 Å².